The minimum absolute atomic E-state index is 0.0250. The van der Waals surface area contributed by atoms with Crippen molar-refractivity contribution in [2.24, 2.45) is 11.8 Å². The van der Waals surface area contributed by atoms with E-state index in [0.29, 0.717) is 13.0 Å². The molecular formula is C14H24N2O3. The summed E-state index contributed by atoms with van der Waals surface area (Å²) in [6, 6.07) is -0.255. The number of amides is 2. The van der Waals surface area contributed by atoms with Crippen molar-refractivity contribution in [3.63, 3.8) is 0 Å². The molecule has 0 bridgehead atoms. The second-order valence-corrected chi connectivity index (χ2v) is 5.90. The number of nitrogens with one attached hydrogen (secondary N) is 1. The molecule has 0 radical (unpaired) electrons. The minimum atomic E-state index is -0.372. The number of nitrogens with zero attached hydrogens (tertiary/aromatic N) is 1. The third-order valence-corrected chi connectivity index (χ3v) is 4.43. The number of carbonyl (C=O) groups excluding carboxylic acids is 2. The molecule has 2 fully saturated rings. The molecule has 4 atom stereocenters. The van der Waals surface area contributed by atoms with Crippen LogP contribution in [0.2, 0.25) is 0 Å². The SMILES string of the molecule is CCC1C(CO)CCN1C(=O)[C@@H]1C[C@H](C)CC(=O)N1. The fourth-order valence-corrected chi connectivity index (χ4v) is 3.44. The fourth-order valence-electron chi connectivity index (χ4n) is 3.44. The summed E-state index contributed by atoms with van der Waals surface area (Å²) in [6.45, 7) is 4.89. The van der Waals surface area contributed by atoms with Gasteiger partial charge in [0.25, 0.3) is 0 Å². The van der Waals surface area contributed by atoms with E-state index in [1.54, 1.807) is 0 Å². The molecule has 0 aromatic carbocycles. The first-order chi connectivity index (χ1) is 9.06. The van der Waals surface area contributed by atoms with E-state index in [1.807, 2.05) is 18.7 Å². The number of aliphatic hydroxyl groups is 1. The number of aliphatic hydroxyl groups excluding tert-OH is 1. The highest BCUT2D eigenvalue weighted by atomic mass is 16.3. The third-order valence-electron chi connectivity index (χ3n) is 4.43. The lowest BCUT2D eigenvalue weighted by molar-refractivity contribution is -0.140. The van der Waals surface area contributed by atoms with E-state index in [-0.39, 0.29) is 42.3 Å². The molecule has 2 aliphatic heterocycles. The second-order valence-electron chi connectivity index (χ2n) is 5.90. The standard InChI is InChI=1S/C14H24N2O3/c1-3-12-10(8-17)4-5-16(12)14(19)11-6-9(2)7-13(18)15-11/h9-12,17H,3-8H2,1-2H3,(H,15,18)/t9-,10?,11-,12?/m0/s1. The van der Waals surface area contributed by atoms with Crippen LogP contribution in [-0.4, -0.2) is 47.1 Å². The van der Waals surface area contributed by atoms with Gasteiger partial charge in [-0.2, -0.15) is 0 Å². The van der Waals surface area contributed by atoms with Crippen LogP contribution in [-0.2, 0) is 9.59 Å². The molecule has 0 aliphatic carbocycles. The molecule has 2 aliphatic rings. The van der Waals surface area contributed by atoms with Gasteiger partial charge in [-0.05, 0) is 25.2 Å². The largest absolute Gasteiger partial charge is 0.396 e. The number of hydrogen-bond donors (Lipinski definition) is 2. The summed E-state index contributed by atoms with van der Waals surface area (Å²) in [5, 5.41) is 12.2. The Labute approximate surface area is 114 Å². The highest BCUT2D eigenvalue weighted by Gasteiger charge is 2.39. The van der Waals surface area contributed by atoms with Gasteiger partial charge in [0.15, 0.2) is 0 Å². The highest BCUT2D eigenvalue weighted by Crippen LogP contribution is 2.28. The quantitative estimate of drug-likeness (QED) is 0.784. The zero-order chi connectivity index (χ0) is 14.0. The van der Waals surface area contributed by atoms with Crippen LogP contribution in [0, 0.1) is 11.8 Å². The number of carbonyl (C=O) groups is 2. The van der Waals surface area contributed by atoms with E-state index in [4.69, 9.17) is 0 Å². The lowest BCUT2D eigenvalue weighted by Crippen LogP contribution is -2.53. The van der Waals surface area contributed by atoms with Gasteiger partial charge in [-0.3, -0.25) is 9.59 Å². The summed E-state index contributed by atoms with van der Waals surface area (Å²) in [5.41, 5.74) is 0. The molecule has 0 aromatic rings. The minimum Gasteiger partial charge on any atom is -0.396 e. The summed E-state index contributed by atoms with van der Waals surface area (Å²) < 4.78 is 0. The van der Waals surface area contributed by atoms with Crippen LogP contribution in [0.5, 0.6) is 0 Å². The molecule has 108 valence electrons. The molecule has 2 saturated heterocycles. The van der Waals surface area contributed by atoms with Gasteiger partial charge in [0.2, 0.25) is 11.8 Å². The molecule has 2 N–H and O–H groups in total. The Morgan fingerprint density at radius 1 is 1.53 bits per heavy atom. The van der Waals surface area contributed by atoms with Crippen LogP contribution in [0.15, 0.2) is 0 Å². The number of rotatable bonds is 3. The molecule has 5 heteroatoms. The molecule has 2 heterocycles. The van der Waals surface area contributed by atoms with Gasteiger partial charge in [0.1, 0.15) is 6.04 Å². The molecule has 0 spiro atoms. The molecular weight excluding hydrogens is 244 g/mol. The van der Waals surface area contributed by atoms with Crippen molar-refractivity contribution in [3.05, 3.63) is 0 Å². The van der Waals surface area contributed by atoms with Gasteiger partial charge in [0, 0.05) is 31.5 Å². The van der Waals surface area contributed by atoms with Gasteiger partial charge in [-0.15, -0.1) is 0 Å². The van der Waals surface area contributed by atoms with Crippen molar-refractivity contribution in [1.29, 1.82) is 0 Å². The topological polar surface area (TPSA) is 69.6 Å². The monoisotopic (exact) mass is 268 g/mol. The first-order valence-corrected chi connectivity index (χ1v) is 7.27. The van der Waals surface area contributed by atoms with Gasteiger partial charge >= 0.3 is 0 Å². The smallest absolute Gasteiger partial charge is 0.245 e. The lowest BCUT2D eigenvalue weighted by atomic mass is 9.92. The zero-order valence-electron chi connectivity index (χ0n) is 11.8. The third kappa shape index (κ3) is 2.91. The number of likely N-dealkylation sites (tertiary alicyclic amines) is 1. The maximum Gasteiger partial charge on any atom is 0.245 e. The average Bonchev–Trinajstić information content (AvgIpc) is 2.79. The van der Waals surface area contributed by atoms with Crippen LogP contribution < -0.4 is 5.32 Å². The van der Waals surface area contributed by atoms with E-state index in [1.165, 1.54) is 0 Å². The van der Waals surface area contributed by atoms with Crippen LogP contribution in [0.3, 0.4) is 0 Å². The van der Waals surface area contributed by atoms with Gasteiger partial charge in [-0.25, -0.2) is 0 Å². The van der Waals surface area contributed by atoms with E-state index >= 15 is 0 Å². The maximum atomic E-state index is 12.6. The summed E-state index contributed by atoms with van der Waals surface area (Å²) >= 11 is 0. The Hall–Kier alpha value is -1.10. The molecule has 2 unspecified atom stereocenters. The van der Waals surface area contributed by atoms with Crippen molar-refractivity contribution in [1.82, 2.24) is 10.2 Å². The Kier molecular flexibility index (Phi) is 4.45. The van der Waals surface area contributed by atoms with Crippen molar-refractivity contribution in [2.75, 3.05) is 13.2 Å². The Balaban J connectivity index is 2.04. The number of hydrogen-bond acceptors (Lipinski definition) is 3. The van der Waals surface area contributed by atoms with Gasteiger partial charge in [-0.1, -0.05) is 13.8 Å². The molecule has 2 rings (SSSR count). The van der Waals surface area contributed by atoms with Crippen LogP contribution in [0.4, 0.5) is 0 Å². The normalized spacial score (nSPS) is 35.3. The van der Waals surface area contributed by atoms with Gasteiger partial charge in [0.05, 0.1) is 0 Å². The average molecular weight is 268 g/mol. The summed E-state index contributed by atoms with van der Waals surface area (Å²) in [5.74, 6) is 0.454. The van der Waals surface area contributed by atoms with Crippen LogP contribution in [0.25, 0.3) is 0 Å². The molecule has 0 saturated carbocycles. The van der Waals surface area contributed by atoms with Crippen molar-refractivity contribution >= 4 is 11.8 Å². The second kappa shape index (κ2) is 5.90. The van der Waals surface area contributed by atoms with Crippen molar-refractivity contribution < 1.29 is 14.7 Å². The maximum absolute atomic E-state index is 12.6. The zero-order valence-corrected chi connectivity index (χ0v) is 11.8. The Morgan fingerprint density at radius 2 is 2.26 bits per heavy atom. The molecule has 2 amide bonds. The molecule has 0 aromatic heterocycles. The van der Waals surface area contributed by atoms with Gasteiger partial charge < -0.3 is 15.3 Å². The van der Waals surface area contributed by atoms with Crippen molar-refractivity contribution in [3.8, 4) is 0 Å². The first-order valence-electron chi connectivity index (χ1n) is 7.27. The lowest BCUT2D eigenvalue weighted by Gasteiger charge is -2.33. The number of piperidine rings is 1. The van der Waals surface area contributed by atoms with E-state index in [9.17, 15) is 14.7 Å². The molecule has 5 nitrogen and oxygen atoms in total. The Morgan fingerprint density at radius 3 is 2.84 bits per heavy atom. The highest BCUT2D eigenvalue weighted by molar-refractivity contribution is 5.89. The van der Waals surface area contributed by atoms with Crippen molar-refractivity contribution in [2.45, 2.75) is 51.6 Å². The first kappa shape index (κ1) is 14.3. The fraction of sp³-hybridized carbons (Fsp3) is 0.857. The predicted molar refractivity (Wildman–Crippen MR) is 71.3 cm³/mol. The summed E-state index contributed by atoms with van der Waals surface area (Å²) in [6.07, 6.45) is 2.95. The predicted octanol–water partition coefficient (Wildman–Crippen LogP) is 0.520. The van der Waals surface area contributed by atoms with Crippen LogP contribution in [0.1, 0.15) is 39.5 Å². The van der Waals surface area contributed by atoms with E-state index in [2.05, 4.69) is 5.32 Å². The van der Waals surface area contributed by atoms with Crippen LogP contribution >= 0.6 is 0 Å². The van der Waals surface area contributed by atoms with E-state index < -0.39 is 0 Å². The van der Waals surface area contributed by atoms with E-state index in [0.717, 1.165) is 19.3 Å². The summed E-state index contributed by atoms with van der Waals surface area (Å²) in [4.78, 5) is 26.0. The Bertz CT molecular complexity index is 359. The summed E-state index contributed by atoms with van der Waals surface area (Å²) in [7, 11) is 0. The molecule has 19 heavy (non-hydrogen) atoms.